The molecule has 0 saturated carbocycles. The van der Waals surface area contributed by atoms with Gasteiger partial charge in [-0.2, -0.15) is 0 Å². The number of primary sulfonamides is 1. The number of sulfonamides is 1. The summed E-state index contributed by atoms with van der Waals surface area (Å²) in [7, 11) is -8.52. The molecule has 0 heterocycles. The Labute approximate surface area is 167 Å². The van der Waals surface area contributed by atoms with E-state index in [4.69, 9.17) is 10.9 Å². The van der Waals surface area contributed by atoms with Crippen LogP contribution in [0.5, 0.6) is 0 Å². The molecule has 136 valence electrons. The van der Waals surface area contributed by atoms with Crippen LogP contribution >= 0.6 is 31.9 Å². The lowest BCUT2D eigenvalue weighted by molar-refractivity contribution is 0.584. The second-order valence-corrected chi connectivity index (χ2v) is 10.6. The van der Waals surface area contributed by atoms with Gasteiger partial charge >= 0.3 is 0 Å². The number of hydrogen-bond acceptors (Lipinski definition) is 5. The van der Waals surface area contributed by atoms with Gasteiger partial charge in [0.2, 0.25) is 19.9 Å². The largest absolute Gasteiger partial charge is 0.398 e. The first-order chi connectivity index (χ1) is 12.0. The van der Waals surface area contributed by atoms with Crippen LogP contribution in [0.1, 0.15) is 0 Å². The Hall–Kier alpha value is -1.46. The smallest absolute Gasteiger partial charge is 0.239 e. The van der Waals surface area contributed by atoms with Gasteiger partial charge in [-0.1, -0.05) is 30.3 Å². The third kappa shape index (κ3) is 3.27. The molecule has 3 aromatic rings. The van der Waals surface area contributed by atoms with Crippen LogP contribution in [0.3, 0.4) is 0 Å². The lowest BCUT2D eigenvalue weighted by atomic mass is 10.1. The molecule has 0 unspecified atom stereocenters. The summed E-state index contributed by atoms with van der Waals surface area (Å²) in [6.07, 6.45) is 0. The van der Waals surface area contributed by atoms with Gasteiger partial charge in [-0.15, -0.1) is 0 Å². The van der Waals surface area contributed by atoms with E-state index in [0.717, 1.165) is 0 Å². The van der Waals surface area contributed by atoms with Crippen molar-refractivity contribution in [1.82, 2.24) is 0 Å². The standard InChI is InChI=1S/C16H12Br2N2O4S2/c17-11-8-15(12(18)7-13(11)19)25(21,22)16-10-4-2-1-3-9(10)5-6-14(16)26(20,23)24/h1-8H,19H2,(H2,20,23,24). The van der Waals surface area contributed by atoms with E-state index in [-0.39, 0.29) is 19.6 Å². The molecule has 0 amide bonds. The van der Waals surface area contributed by atoms with Gasteiger partial charge in [0.15, 0.2) is 0 Å². The summed E-state index contributed by atoms with van der Waals surface area (Å²) >= 11 is 6.39. The Balaban J connectivity index is 2.50. The third-order valence-electron chi connectivity index (χ3n) is 3.76. The zero-order valence-electron chi connectivity index (χ0n) is 13.0. The molecule has 4 N–H and O–H groups in total. The number of anilines is 1. The van der Waals surface area contributed by atoms with E-state index in [2.05, 4.69) is 31.9 Å². The van der Waals surface area contributed by atoms with Crippen molar-refractivity contribution in [2.45, 2.75) is 14.7 Å². The molecule has 0 aromatic heterocycles. The van der Waals surface area contributed by atoms with E-state index in [1.165, 1.54) is 30.3 Å². The summed E-state index contributed by atoms with van der Waals surface area (Å²) in [6, 6.07) is 12.1. The van der Waals surface area contributed by atoms with Crippen LogP contribution in [0.2, 0.25) is 0 Å². The van der Waals surface area contributed by atoms with E-state index < -0.39 is 24.8 Å². The van der Waals surface area contributed by atoms with Crippen molar-refractivity contribution < 1.29 is 16.8 Å². The van der Waals surface area contributed by atoms with Crippen LogP contribution in [-0.2, 0) is 19.9 Å². The van der Waals surface area contributed by atoms with E-state index >= 15 is 0 Å². The van der Waals surface area contributed by atoms with Gasteiger partial charge in [0.1, 0.15) is 4.90 Å². The number of rotatable bonds is 3. The molecule has 10 heteroatoms. The number of fused-ring (bicyclic) bond motifs is 1. The number of hydrogen-bond donors (Lipinski definition) is 2. The van der Waals surface area contributed by atoms with E-state index in [1.54, 1.807) is 18.2 Å². The average Bonchev–Trinajstić information content (AvgIpc) is 2.56. The molecule has 3 rings (SSSR count). The number of nitrogens with two attached hydrogens (primary N) is 2. The average molecular weight is 520 g/mol. The number of nitrogen functional groups attached to an aromatic ring is 1. The van der Waals surface area contributed by atoms with Crippen LogP contribution in [0, 0.1) is 0 Å². The molecular weight excluding hydrogens is 508 g/mol. The predicted octanol–water partition coefficient (Wildman–Crippen LogP) is 3.43. The van der Waals surface area contributed by atoms with Gasteiger partial charge in [-0.05, 0) is 55.4 Å². The molecule has 0 spiro atoms. The number of sulfone groups is 1. The maximum absolute atomic E-state index is 13.4. The highest BCUT2D eigenvalue weighted by Gasteiger charge is 2.30. The molecule has 26 heavy (non-hydrogen) atoms. The first kappa shape index (κ1) is 19.3. The molecular formula is C16H12Br2N2O4S2. The molecule has 0 fully saturated rings. The Kier molecular flexibility index (Phi) is 4.91. The third-order valence-corrected chi connectivity index (χ3v) is 8.34. The van der Waals surface area contributed by atoms with Crippen LogP contribution in [0.4, 0.5) is 5.69 Å². The molecule has 6 nitrogen and oxygen atoms in total. The maximum Gasteiger partial charge on any atom is 0.239 e. The van der Waals surface area contributed by atoms with Crippen LogP contribution in [0.25, 0.3) is 10.8 Å². The monoisotopic (exact) mass is 518 g/mol. The van der Waals surface area contributed by atoms with Gasteiger partial charge in [0.05, 0.1) is 9.79 Å². The van der Waals surface area contributed by atoms with Crippen LogP contribution in [0.15, 0.2) is 72.2 Å². The Bertz CT molecular complexity index is 1260. The first-order valence-electron chi connectivity index (χ1n) is 7.07. The molecule has 0 saturated heterocycles. The highest BCUT2D eigenvalue weighted by Crippen LogP contribution is 2.38. The van der Waals surface area contributed by atoms with Crippen molar-refractivity contribution in [1.29, 1.82) is 0 Å². The second-order valence-electron chi connectivity index (χ2n) is 5.47. The summed E-state index contributed by atoms with van der Waals surface area (Å²) in [4.78, 5) is -0.952. The highest BCUT2D eigenvalue weighted by atomic mass is 79.9. The van der Waals surface area contributed by atoms with Crippen molar-refractivity contribution in [3.05, 3.63) is 57.5 Å². The van der Waals surface area contributed by atoms with Crippen molar-refractivity contribution in [2.75, 3.05) is 5.73 Å². The molecule has 0 radical (unpaired) electrons. The summed E-state index contributed by atoms with van der Waals surface area (Å²) in [5, 5.41) is 6.12. The fourth-order valence-corrected chi connectivity index (χ4v) is 7.00. The quantitative estimate of drug-likeness (QED) is 0.513. The fraction of sp³-hybridized carbons (Fsp3) is 0. The van der Waals surface area contributed by atoms with Crippen molar-refractivity contribution >= 4 is 68.2 Å². The summed E-state index contributed by atoms with van der Waals surface area (Å²) in [5.41, 5.74) is 6.11. The van der Waals surface area contributed by atoms with Gasteiger partial charge in [0.25, 0.3) is 0 Å². The Morgan fingerprint density at radius 3 is 2.12 bits per heavy atom. The second kappa shape index (κ2) is 6.61. The lowest BCUT2D eigenvalue weighted by Gasteiger charge is -2.14. The predicted molar refractivity (Wildman–Crippen MR) is 107 cm³/mol. The van der Waals surface area contributed by atoms with Gasteiger partial charge in [-0.3, -0.25) is 0 Å². The fourth-order valence-electron chi connectivity index (χ4n) is 2.58. The Morgan fingerprint density at radius 2 is 1.46 bits per heavy atom. The number of benzene rings is 3. The van der Waals surface area contributed by atoms with Crippen molar-refractivity contribution in [3.63, 3.8) is 0 Å². The zero-order valence-corrected chi connectivity index (χ0v) is 17.8. The van der Waals surface area contributed by atoms with Gasteiger partial charge in [0, 0.05) is 20.0 Å². The van der Waals surface area contributed by atoms with E-state index in [0.29, 0.717) is 15.5 Å². The summed E-state index contributed by atoms with van der Waals surface area (Å²) in [5.74, 6) is 0. The SMILES string of the molecule is Nc1cc(Br)c(S(=O)(=O)c2c(S(N)(=O)=O)ccc3ccccc23)cc1Br. The van der Waals surface area contributed by atoms with Crippen LogP contribution < -0.4 is 10.9 Å². The lowest BCUT2D eigenvalue weighted by Crippen LogP contribution is -2.17. The van der Waals surface area contributed by atoms with E-state index in [9.17, 15) is 16.8 Å². The molecule has 0 aliphatic rings. The van der Waals surface area contributed by atoms with Gasteiger partial charge < -0.3 is 5.73 Å². The zero-order chi connectivity index (χ0) is 19.3. The minimum Gasteiger partial charge on any atom is -0.398 e. The molecule has 0 bridgehead atoms. The summed E-state index contributed by atoms with van der Waals surface area (Å²) < 4.78 is 51.5. The first-order valence-corrected chi connectivity index (χ1v) is 11.7. The van der Waals surface area contributed by atoms with Gasteiger partial charge in [-0.25, -0.2) is 22.0 Å². The molecule has 0 aliphatic heterocycles. The van der Waals surface area contributed by atoms with E-state index in [1.807, 2.05) is 0 Å². The minimum absolute atomic E-state index is 0.125. The maximum atomic E-state index is 13.4. The molecule has 3 aromatic carbocycles. The van der Waals surface area contributed by atoms with Crippen molar-refractivity contribution in [3.8, 4) is 0 Å². The summed E-state index contributed by atoms with van der Waals surface area (Å²) in [6.45, 7) is 0. The highest BCUT2D eigenvalue weighted by molar-refractivity contribution is 9.11. The number of halogens is 2. The Morgan fingerprint density at radius 1 is 0.808 bits per heavy atom. The topological polar surface area (TPSA) is 120 Å². The van der Waals surface area contributed by atoms with Crippen LogP contribution in [-0.4, -0.2) is 16.8 Å². The minimum atomic E-state index is -4.28. The normalized spacial score (nSPS) is 12.4. The van der Waals surface area contributed by atoms with Crippen molar-refractivity contribution in [2.24, 2.45) is 5.14 Å². The molecule has 0 atom stereocenters. The molecule has 0 aliphatic carbocycles.